The highest BCUT2D eigenvalue weighted by Gasteiger charge is 2.25. The Balaban J connectivity index is 1.70. The Kier molecular flexibility index (Phi) is 5.00. The lowest BCUT2D eigenvalue weighted by Crippen LogP contribution is -2.26. The first-order valence-corrected chi connectivity index (χ1v) is 6.64. The van der Waals surface area contributed by atoms with E-state index in [0.717, 1.165) is 18.4 Å². The first kappa shape index (κ1) is 13.6. The minimum absolute atomic E-state index is 0.167. The number of hydrogen-bond acceptors (Lipinski definition) is 2. The summed E-state index contributed by atoms with van der Waals surface area (Å²) in [5, 5.41) is 8.90. The van der Waals surface area contributed by atoms with Gasteiger partial charge in [0.2, 0.25) is 0 Å². The number of benzene rings is 1. The molecular formula is C16H18O3. The maximum Gasteiger partial charge on any atom is 0.306 e. The third-order valence-electron chi connectivity index (χ3n) is 3.42. The zero-order valence-electron chi connectivity index (χ0n) is 10.8. The largest absolute Gasteiger partial charge is 0.481 e. The maximum atomic E-state index is 10.8. The fourth-order valence-corrected chi connectivity index (χ4v) is 2.30. The highest BCUT2D eigenvalue weighted by atomic mass is 16.5. The Hall–Kier alpha value is -1.79. The minimum atomic E-state index is -0.678. The van der Waals surface area contributed by atoms with Gasteiger partial charge >= 0.3 is 5.97 Å². The van der Waals surface area contributed by atoms with E-state index >= 15 is 0 Å². The molecule has 1 aromatic rings. The normalized spacial score (nSPS) is 22.3. The van der Waals surface area contributed by atoms with E-state index in [1.165, 1.54) is 0 Å². The summed E-state index contributed by atoms with van der Waals surface area (Å²) in [6.45, 7) is 0.414. The van der Waals surface area contributed by atoms with Crippen molar-refractivity contribution in [2.45, 2.75) is 31.8 Å². The molecule has 1 saturated carbocycles. The van der Waals surface area contributed by atoms with Crippen LogP contribution in [0.15, 0.2) is 30.3 Å². The van der Waals surface area contributed by atoms with Crippen LogP contribution in [0.2, 0.25) is 0 Å². The van der Waals surface area contributed by atoms with Crippen molar-refractivity contribution in [3.05, 3.63) is 35.9 Å². The van der Waals surface area contributed by atoms with Gasteiger partial charge in [0, 0.05) is 5.56 Å². The molecule has 0 spiro atoms. The molecule has 0 atom stereocenters. The molecule has 0 heterocycles. The van der Waals surface area contributed by atoms with Crippen molar-refractivity contribution >= 4 is 5.97 Å². The Morgan fingerprint density at radius 3 is 2.53 bits per heavy atom. The molecule has 1 aliphatic rings. The second kappa shape index (κ2) is 6.96. The molecule has 1 aliphatic carbocycles. The highest BCUT2D eigenvalue weighted by Crippen LogP contribution is 2.26. The zero-order chi connectivity index (χ0) is 13.5. The smallest absolute Gasteiger partial charge is 0.306 e. The Bertz CT molecular complexity index is 462. The van der Waals surface area contributed by atoms with Gasteiger partial charge in [-0.1, -0.05) is 30.0 Å². The van der Waals surface area contributed by atoms with Crippen molar-refractivity contribution < 1.29 is 14.6 Å². The Morgan fingerprint density at radius 1 is 1.21 bits per heavy atom. The molecule has 0 bridgehead atoms. The third kappa shape index (κ3) is 4.42. The number of ether oxygens (including phenoxy) is 1. The zero-order valence-corrected chi connectivity index (χ0v) is 10.8. The highest BCUT2D eigenvalue weighted by molar-refractivity contribution is 5.70. The number of hydrogen-bond donors (Lipinski definition) is 1. The van der Waals surface area contributed by atoms with Gasteiger partial charge in [-0.25, -0.2) is 0 Å². The van der Waals surface area contributed by atoms with Crippen LogP contribution in [0.1, 0.15) is 31.2 Å². The van der Waals surface area contributed by atoms with Crippen LogP contribution in [0.3, 0.4) is 0 Å². The molecule has 1 N–H and O–H groups in total. The average molecular weight is 258 g/mol. The first-order valence-electron chi connectivity index (χ1n) is 6.64. The molecule has 3 nitrogen and oxygen atoms in total. The maximum absolute atomic E-state index is 10.8. The van der Waals surface area contributed by atoms with E-state index in [1.54, 1.807) is 0 Å². The lowest BCUT2D eigenvalue weighted by Gasteiger charge is -2.25. The van der Waals surface area contributed by atoms with Crippen LogP contribution in [-0.2, 0) is 9.53 Å². The van der Waals surface area contributed by atoms with Gasteiger partial charge in [0.15, 0.2) is 0 Å². The van der Waals surface area contributed by atoms with Gasteiger partial charge in [-0.3, -0.25) is 4.79 Å². The molecule has 1 fully saturated rings. The molecule has 0 aliphatic heterocycles. The molecule has 2 rings (SSSR count). The first-order chi connectivity index (χ1) is 9.25. The summed E-state index contributed by atoms with van der Waals surface area (Å²) in [5.74, 6) is 5.17. The SMILES string of the molecule is O=C(O)C1CCC(OCC#Cc2ccccc2)CC1. The molecule has 19 heavy (non-hydrogen) atoms. The fourth-order valence-electron chi connectivity index (χ4n) is 2.30. The van der Waals surface area contributed by atoms with E-state index in [-0.39, 0.29) is 12.0 Å². The molecule has 0 unspecified atom stereocenters. The van der Waals surface area contributed by atoms with Gasteiger partial charge in [-0.2, -0.15) is 0 Å². The van der Waals surface area contributed by atoms with Crippen LogP contribution in [0.25, 0.3) is 0 Å². The van der Waals surface area contributed by atoms with Crippen molar-refractivity contribution in [1.82, 2.24) is 0 Å². The topological polar surface area (TPSA) is 46.5 Å². The number of aliphatic carboxylic acids is 1. The van der Waals surface area contributed by atoms with Crippen molar-refractivity contribution in [2.24, 2.45) is 5.92 Å². The summed E-state index contributed by atoms with van der Waals surface area (Å²) in [7, 11) is 0. The standard InChI is InChI=1S/C16H18O3/c17-16(18)14-8-10-15(11-9-14)19-12-4-7-13-5-2-1-3-6-13/h1-3,5-6,14-15H,8-12H2,(H,17,18). The van der Waals surface area contributed by atoms with E-state index in [4.69, 9.17) is 9.84 Å². The summed E-state index contributed by atoms with van der Waals surface area (Å²) < 4.78 is 5.67. The van der Waals surface area contributed by atoms with E-state index in [2.05, 4.69) is 11.8 Å². The number of carbonyl (C=O) groups is 1. The number of rotatable bonds is 3. The number of carboxylic acids is 1. The average Bonchev–Trinajstić information content (AvgIpc) is 2.45. The summed E-state index contributed by atoms with van der Waals surface area (Å²) in [6.07, 6.45) is 3.24. The molecule has 3 heteroatoms. The molecule has 0 aromatic heterocycles. The van der Waals surface area contributed by atoms with Crippen LogP contribution in [0.5, 0.6) is 0 Å². The van der Waals surface area contributed by atoms with E-state index < -0.39 is 5.97 Å². The van der Waals surface area contributed by atoms with E-state index in [0.29, 0.717) is 19.4 Å². The van der Waals surface area contributed by atoms with Crippen molar-refractivity contribution in [3.63, 3.8) is 0 Å². The number of carboxylic acid groups (broad SMARTS) is 1. The Labute approximate surface area is 113 Å². The van der Waals surface area contributed by atoms with Crippen LogP contribution < -0.4 is 0 Å². The summed E-state index contributed by atoms with van der Waals surface area (Å²) in [6, 6.07) is 9.80. The third-order valence-corrected chi connectivity index (χ3v) is 3.42. The van der Waals surface area contributed by atoms with Gasteiger partial charge < -0.3 is 9.84 Å². The lowest BCUT2D eigenvalue weighted by atomic mass is 9.87. The van der Waals surface area contributed by atoms with Crippen molar-refractivity contribution in [1.29, 1.82) is 0 Å². The lowest BCUT2D eigenvalue weighted by molar-refractivity contribution is -0.143. The second-order valence-electron chi connectivity index (χ2n) is 4.79. The quantitative estimate of drug-likeness (QED) is 0.848. The van der Waals surface area contributed by atoms with Crippen molar-refractivity contribution in [3.8, 4) is 11.8 Å². The van der Waals surface area contributed by atoms with Gasteiger partial charge in [0.25, 0.3) is 0 Å². The predicted molar refractivity (Wildman–Crippen MR) is 72.7 cm³/mol. The van der Waals surface area contributed by atoms with Crippen LogP contribution in [0, 0.1) is 17.8 Å². The monoisotopic (exact) mass is 258 g/mol. The van der Waals surface area contributed by atoms with Gasteiger partial charge in [-0.05, 0) is 37.8 Å². The van der Waals surface area contributed by atoms with Crippen LogP contribution in [0.4, 0.5) is 0 Å². The van der Waals surface area contributed by atoms with E-state index in [9.17, 15) is 4.79 Å². The van der Waals surface area contributed by atoms with Gasteiger partial charge in [0.1, 0.15) is 6.61 Å². The van der Waals surface area contributed by atoms with Gasteiger partial charge in [0.05, 0.1) is 12.0 Å². The summed E-state index contributed by atoms with van der Waals surface area (Å²) >= 11 is 0. The van der Waals surface area contributed by atoms with Crippen LogP contribution >= 0.6 is 0 Å². The second-order valence-corrected chi connectivity index (χ2v) is 4.79. The van der Waals surface area contributed by atoms with Gasteiger partial charge in [-0.15, -0.1) is 0 Å². The fraction of sp³-hybridized carbons (Fsp3) is 0.438. The summed E-state index contributed by atoms with van der Waals surface area (Å²) in [4.78, 5) is 10.8. The minimum Gasteiger partial charge on any atom is -0.481 e. The van der Waals surface area contributed by atoms with Crippen molar-refractivity contribution in [2.75, 3.05) is 6.61 Å². The predicted octanol–water partition coefficient (Wildman–Crippen LogP) is 2.70. The van der Waals surface area contributed by atoms with Crippen LogP contribution in [-0.4, -0.2) is 23.8 Å². The molecule has 1 aromatic carbocycles. The molecule has 0 radical (unpaired) electrons. The molecule has 100 valence electrons. The molecular weight excluding hydrogens is 240 g/mol. The summed E-state index contributed by atoms with van der Waals surface area (Å²) in [5.41, 5.74) is 0.987. The molecule has 0 saturated heterocycles. The Morgan fingerprint density at radius 2 is 1.89 bits per heavy atom. The molecule has 0 amide bonds. The van der Waals surface area contributed by atoms with E-state index in [1.807, 2.05) is 30.3 Å².